The number of amides is 2. The second kappa shape index (κ2) is 7.53. The summed E-state index contributed by atoms with van der Waals surface area (Å²) in [6, 6.07) is 6.91. The fraction of sp³-hybridized carbons (Fsp3) is 0.529. The fourth-order valence-corrected chi connectivity index (χ4v) is 2.91. The number of benzene rings is 1. The first-order chi connectivity index (χ1) is 11.7. The molecule has 0 radical (unpaired) electrons. The number of carbonyl (C=O) groups is 2. The summed E-state index contributed by atoms with van der Waals surface area (Å²) in [6.07, 6.45) is 1.13. The highest BCUT2D eigenvalue weighted by Crippen LogP contribution is 2.19. The minimum absolute atomic E-state index is 0.0873. The van der Waals surface area contributed by atoms with Crippen LogP contribution < -0.4 is 10.1 Å². The van der Waals surface area contributed by atoms with E-state index in [2.05, 4.69) is 5.32 Å². The van der Waals surface area contributed by atoms with Crippen molar-refractivity contribution in [1.29, 1.82) is 0 Å². The number of carbonyl (C=O) groups excluding carboxylic acids is 2. The molecule has 2 aliphatic rings. The Kier molecular flexibility index (Phi) is 5.20. The van der Waals surface area contributed by atoms with Crippen molar-refractivity contribution in [3.63, 3.8) is 0 Å². The highest BCUT2D eigenvalue weighted by atomic mass is 16.6. The zero-order chi connectivity index (χ0) is 16.9. The molecule has 1 aromatic carbocycles. The number of rotatable bonds is 5. The van der Waals surface area contributed by atoms with Crippen LogP contribution >= 0.6 is 0 Å². The predicted molar refractivity (Wildman–Crippen MR) is 85.7 cm³/mol. The van der Waals surface area contributed by atoms with Crippen molar-refractivity contribution in [3.05, 3.63) is 29.8 Å². The van der Waals surface area contributed by atoms with E-state index in [9.17, 15) is 9.59 Å². The molecule has 0 aliphatic carbocycles. The van der Waals surface area contributed by atoms with Crippen molar-refractivity contribution in [2.24, 2.45) is 0 Å². The van der Waals surface area contributed by atoms with Gasteiger partial charge in [-0.1, -0.05) is 12.1 Å². The molecule has 0 unspecified atom stereocenters. The zero-order valence-corrected chi connectivity index (χ0v) is 13.7. The molecule has 24 heavy (non-hydrogen) atoms. The number of nitrogens with one attached hydrogen (secondary N) is 1. The van der Waals surface area contributed by atoms with E-state index in [4.69, 9.17) is 14.2 Å². The molecule has 0 bridgehead atoms. The van der Waals surface area contributed by atoms with Crippen LogP contribution in [0.15, 0.2) is 24.3 Å². The van der Waals surface area contributed by atoms with Crippen LogP contribution in [0.1, 0.15) is 18.4 Å². The first-order valence-corrected chi connectivity index (χ1v) is 8.12. The Morgan fingerprint density at radius 2 is 2.00 bits per heavy atom. The summed E-state index contributed by atoms with van der Waals surface area (Å²) in [7, 11) is 1.60. The zero-order valence-electron chi connectivity index (χ0n) is 13.7. The maximum atomic E-state index is 12.5. The van der Waals surface area contributed by atoms with Crippen LogP contribution in [0.2, 0.25) is 0 Å². The minimum atomic E-state index is -0.595. The van der Waals surface area contributed by atoms with Crippen LogP contribution in [0.25, 0.3) is 0 Å². The predicted octanol–water partition coefficient (Wildman–Crippen LogP) is 1.31. The van der Waals surface area contributed by atoms with Crippen molar-refractivity contribution in [2.75, 3.05) is 26.9 Å². The van der Waals surface area contributed by atoms with E-state index >= 15 is 0 Å². The number of hydrogen-bond donors (Lipinski definition) is 1. The molecule has 1 N–H and O–H groups in total. The third-order valence-corrected chi connectivity index (χ3v) is 4.36. The van der Waals surface area contributed by atoms with Gasteiger partial charge < -0.3 is 19.5 Å². The second-order valence-corrected chi connectivity index (χ2v) is 5.96. The van der Waals surface area contributed by atoms with E-state index in [1.807, 2.05) is 24.3 Å². The maximum Gasteiger partial charge on any atom is 0.410 e. The summed E-state index contributed by atoms with van der Waals surface area (Å²) in [5.41, 5.74) is 0.915. The van der Waals surface area contributed by atoms with Gasteiger partial charge >= 0.3 is 6.09 Å². The number of ether oxygens (including phenoxy) is 3. The summed E-state index contributed by atoms with van der Waals surface area (Å²) >= 11 is 0. The third kappa shape index (κ3) is 3.79. The Hall–Kier alpha value is -2.28. The molecule has 2 heterocycles. The summed E-state index contributed by atoms with van der Waals surface area (Å²) in [5, 5.41) is 3.00. The lowest BCUT2D eigenvalue weighted by Crippen LogP contribution is -2.49. The van der Waals surface area contributed by atoms with Gasteiger partial charge in [0, 0.05) is 19.3 Å². The number of cyclic esters (lactones) is 1. The van der Waals surface area contributed by atoms with Gasteiger partial charge in [-0.25, -0.2) is 4.79 Å². The van der Waals surface area contributed by atoms with Gasteiger partial charge in [-0.15, -0.1) is 0 Å². The van der Waals surface area contributed by atoms with Gasteiger partial charge in [0.2, 0.25) is 5.91 Å². The smallest absolute Gasteiger partial charge is 0.410 e. The molecule has 1 aromatic rings. The van der Waals surface area contributed by atoms with Crippen LogP contribution in [0.4, 0.5) is 4.79 Å². The molecule has 2 amide bonds. The van der Waals surface area contributed by atoms with Crippen LogP contribution in [0.5, 0.6) is 5.75 Å². The standard InChI is InChI=1S/C17H22N2O5/c1-22-14-4-2-12(3-5-14)10-19-15(11-24-17(19)21)16(20)18-13-6-8-23-9-7-13/h2-5,13,15H,6-11H2,1H3,(H,18,20)/t15-/m0/s1. The Morgan fingerprint density at radius 1 is 1.29 bits per heavy atom. The Balaban J connectivity index is 1.63. The fourth-order valence-electron chi connectivity index (χ4n) is 2.91. The molecular weight excluding hydrogens is 312 g/mol. The molecule has 2 fully saturated rings. The van der Waals surface area contributed by atoms with Gasteiger partial charge in [-0.3, -0.25) is 9.69 Å². The Morgan fingerprint density at radius 3 is 2.67 bits per heavy atom. The molecular formula is C17H22N2O5. The number of methoxy groups -OCH3 is 1. The van der Waals surface area contributed by atoms with Gasteiger partial charge in [0.1, 0.15) is 18.4 Å². The van der Waals surface area contributed by atoms with Gasteiger partial charge in [0.05, 0.1) is 13.7 Å². The molecule has 7 nitrogen and oxygen atoms in total. The molecule has 0 saturated carbocycles. The average Bonchev–Trinajstić information content (AvgIpc) is 2.97. The average molecular weight is 334 g/mol. The lowest BCUT2D eigenvalue weighted by Gasteiger charge is -2.26. The van der Waals surface area contributed by atoms with E-state index in [-0.39, 0.29) is 18.6 Å². The van der Waals surface area contributed by atoms with Crippen molar-refractivity contribution in [2.45, 2.75) is 31.5 Å². The van der Waals surface area contributed by atoms with Crippen LogP contribution in [0.3, 0.4) is 0 Å². The SMILES string of the molecule is COc1ccc(CN2C(=O)OC[C@H]2C(=O)NC2CCOCC2)cc1. The highest BCUT2D eigenvalue weighted by molar-refractivity contribution is 5.88. The molecule has 0 aromatic heterocycles. The monoisotopic (exact) mass is 334 g/mol. The molecule has 3 rings (SSSR count). The van der Waals surface area contributed by atoms with Gasteiger partial charge in [0.25, 0.3) is 0 Å². The highest BCUT2D eigenvalue weighted by Gasteiger charge is 2.38. The lowest BCUT2D eigenvalue weighted by atomic mass is 10.1. The summed E-state index contributed by atoms with van der Waals surface area (Å²) in [4.78, 5) is 26.0. The van der Waals surface area contributed by atoms with Crippen molar-refractivity contribution < 1.29 is 23.8 Å². The van der Waals surface area contributed by atoms with Gasteiger partial charge in [-0.05, 0) is 30.5 Å². The van der Waals surface area contributed by atoms with Crippen LogP contribution in [-0.2, 0) is 20.8 Å². The normalized spacial score (nSPS) is 21.5. The molecule has 7 heteroatoms. The van der Waals surface area contributed by atoms with E-state index in [1.165, 1.54) is 4.90 Å². The summed E-state index contributed by atoms with van der Waals surface area (Å²) in [6.45, 7) is 1.72. The lowest BCUT2D eigenvalue weighted by molar-refractivity contribution is -0.126. The van der Waals surface area contributed by atoms with E-state index < -0.39 is 12.1 Å². The van der Waals surface area contributed by atoms with Gasteiger partial charge in [-0.2, -0.15) is 0 Å². The quantitative estimate of drug-likeness (QED) is 0.878. The molecule has 0 spiro atoms. The van der Waals surface area contributed by atoms with Crippen molar-refractivity contribution >= 4 is 12.0 Å². The first-order valence-electron chi connectivity index (χ1n) is 8.12. The largest absolute Gasteiger partial charge is 0.497 e. The molecule has 2 saturated heterocycles. The van der Waals surface area contributed by atoms with Crippen molar-refractivity contribution in [3.8, 4) is 5.75 Å². The Labute approximate surface area is 140 Å². The van der Waals surface area contributed by atoms with E-state index in [0.29, 0.717) is 19.8 Å². The topological polar surface area (TPSA) is 77.1 Å². The maximum absolute atomic E-state index is 12.5. The third-order valence-electron chi connectivity index (χ3n) is 4.36. The summed E-state index contributed by atoms with van der Waals surface area (Å²) in [5.74, 6) is 0.581. The first kappa shape index (κ1) is 16.6. The minimum Gasteiger partial charge on any atom is -0.497 e. The van der Waals surface area contributed by atoms with Crippen molar-refractivity contribution in [1.82, 2.24) is 10.2 Å². The molecule has 2 aliphatic heterocycles. The van der Waals surface area contributed by atoms with Crippen LogP contribution in [-0.4, -0.2) is 55.9 Å². The molecule has 130 valence electrons. The van der Waals surface area contributed by atoms with E-state index in [0.717, 1.165) is 24.2 Å². The molecule has 1 atom stereocenters. The summed E-state index contributed by atoms with van der Waals surface area (Å²) < 4.78 is 15.5. The Bertz CT molecular complexity index is 583. The second-order valence-electron chi connectivity index (χ2n) is 5.96. The number of nitrogens with zero attached hydrogens (tertiary/aromatic N) is 1. The van der Waals surface area contributed by atoms with Gasteiger partial charge in [0.15, 0.2) is 0 Å². The van der Waals surface area contributed by atoms with E-state index in [1.54, 1.807) is 7.11 Å². The van der Waals surface area contributed by atoms with Crippen LogP contribution in [0, 0.1) is 0 Å². The number of hydrogen-bond acceptors (Lipinski definition) is 5.